The first kappa shape index (κ1) is 21.3. The number of benzene rings is 1. The summed E-state index contributed by atoms with van der Waals surface area (Å²) in [6.07, 6.45) is 0.900. The predicted molar refractivity (Wildman–Crippen MR) is 122 cm³/mol. The average molecular weight is 447 g/mol. The Morgan fingerprint density at radius 2 is 2.09 bits per heavy atom. The van der Waals surface area contributed by atoms with Crippen LogP contribution >= 0.6 is 0 Å². The van der Waals surface area contributed by atoms with Gasteiger partial charge in [0, 0.05) is 22.9 Å². The lowest BCUT2D eigenvalue weighted by Crippen LogP contribution is -2.47. The van der Waals surface area contributed by atoms with Crippen molar-refractivity contribution in [2.75, 3.05) is 13.6 Å². The first-order chi connectivity index (χ1) is 16.0. The molecule has 1 N–H and O–H groups in total. The number of rotatable bonds is 6. The van der Waals surface area contributed by atoms with E-state index in [1.165, 1.54) is 0 Å². The highest BCUT2D eigenvalue weighted by atomic mass is 16.6. The van der Waals surface area contributed by atoms with Gasteiger partial charge in [0.1, 0.15) is 6.61 Å². The SMILES string of the molecule is CC[C@@]1(OC(=O)CCCNC)C(=O)OCc2c1cc1n(c2=O)Cc2cc3ccccc3nc2-1. The van der Waals surface area contributed by atoms with Gasteiger partial charge in [-0.2, -0.15) is 0 Å². The van der Waals surface area contributed by atoms with Crippen LogP contribution < -0.4 is 10.9 Å². The monoisotopic (exact) mass is 447 g/mol. The molecule has 0 saturated carbocycles. The lowest BCUT2D eigenvalue weighted by atomic mass is 9.85. The fraction of sp³-hybridized carbons (Fsp3) is 0.360. The van der Waals surface area contributed by atoms with E-state index in [2.05, 4.69) is 5.32 Å². The Morgan fingerprint density at radius 3 is 2.88 bits per heavy atom. The summed E-state index contributed by atoms with van der Waals surface area (Å²) < 4.78 is 12.8. The van der Waals surface area contributed by atoms with Crippen molar-refractivity contribution >= 4 is 22.8 Å². The van der Waals surface area contributed by atoms with Crippen LogP contribution in [-0.2, 0) is 37.8 Å². The molecule has 0 bridgehead atoms. The molecule has 1 atom stereocenters. The minimum Gasteiger partial charge on any atom is -0.457 e. The summed E-state index contributed by atoms with van der Waals surface area (Å²) in [6, 6.07) is 11.6. The van der Waals surface area contributed by atoms with Crippen molar-refractivity contribution in [2.24, 2.45) is 0 Å². The van der Waals surface area contributed by atoms with Crippen molar-refractivity contribution in [3.63, 3.8) is 0 Å². The number of pyridine rings is 2. The van der Waals surface area contributed by atoms with Crippen LogP contribution in [0.5, 0.6) is 0 Å². The lowest BCUT2D eigenvalue weighted by Gasteiger charge is -2.35. The number of hydrogen-bond donors (Lipinski definition) is 1. The van der Waals surface area contributed by atoms with Gasteiger partial charge in [-0.15, -0.1) is 0 Å². The van der Waals surface area contributed by atoms with E-state index in [4.69, 9.17) is 14.5 Å². The number of nitrogens with one attached hydrogen (secondary N) is 1. The predicted octanol–water partition coefficient (Wildman–Crippen LogP) is 2.63. The van der Waals surface area contributed by atoms with E-state index in [1.54, 1.807) is 24.6 Å². The van der Waals surface area contributed by atoms with E-state index < -0.39 is 17.5 Å². The van der Waals surface area contributed by atoms with E-state index in [1.807, 2.05) is 30.3 Å². The highest BCUT2D eigenvalue weighted by molar-refractivity contribution is 5.88. The fourth-order valence-corrected chi connectivity index (χ4v) is 4.74. The molecule has 0 unspecified atom stereocenters. The Labute approximate surface area is 190 Å². The van der Waals surface area contributed by atoms with Crippen molar-refractivity contribution in [2.45, 2.75) is 44.9 Å². The second kappa shape index (κ2) is 8.12. The zero-order valence-corrected chi connectivity index (χ0v) is 18.6. The molecule has 0 spiro atoms. The molecule has 4 heterocycles. The fourth-order valence-electron chi connectivity index (χ4n) is 4.74. The number of esters is 2. The normalized spacial score (nSPS) is 18.4. The third kappa shape index (κ3) is 3.33. The van der Waals surface area contributed by atoms with Gasteiger partial charge < -0.3 is 19.4 Å². The smallest absolute Gasteiger partial charge is 0.355 e. The molecule has 2 aliphatic heterocycles. The second-order valence-electron chi connectivity index (χ2n) is 8.44. The summed E-state index contributed by atoms with van der Waals surface area (Å²) >= 11 is 0. The summed E-state index contributed by atoms with van der Waals surface area (Å²) in [6.45, 7) is 2.66. The number of fused-ring (bicyclic) bond motifs is 5. The van der Waals surface area contributed by atoms with Crippen LogP contribution in [0.1, 0.15) is 42.9 Å². The molecular weight excluding hydrogens is 422 g/mol. The number of nitrogens with zero attached hydrogens (tertiary/aromatic N) is 2. The highest BCUT2D eigenvalue weighted by Gasteiger charge is 2.50. The topological polar surface area (TPSA) is 99.5 Å². The average Bonchev–Trinajstić information content (AvgIpc) is 3.17. The molecule has 0 saturated heterocycles. The maximum absolute atomic E-state index is 13.5. The number of carbonyl (C=O) groups is 2. The maximum atomic E-state index is 13.5. The maximum Gasteiger partial charge on any atom is 0.355 e. The third-order valence-electron chi connectivity index (χ3n) is 6.48. The Balaban J connectivity index is 1.64. The molecule has 1 aromatic carbocycles. The van der Waals surface area contributed by atoms with Crippen molar-refractivity contribution in [1.82, 2.24) is 14.9 Å². The number of aromatic nitrogens is 2. The van der Waals surface area contributed by atoms with Gasteiger partial charge in [0.25, 0.3) is 5.56 Å². The van der Waals surface area contributed by atoms with E-state index in [-0.39, 0.29) is 25.0 Å². The van der Waals surface area contributed by atoms with Crippen LogP contribution in [0.25, 0.3) is 22.3 Å². The van der Waals surface area contributed by atoms with E-state index in [9.17, 15) is 14.4 Å². The number of para-hydroxylation sites is 1. The van der Waals surface area contributed by atoms with Crippen molar-refractivity contribution in [3.8, 4) is 11.4 Å². The molecule has 0 fully saturated rings. The van der Waals surface area contributed by atoms with Gasteiger partial charge in [-0.1, -0.05) is 25.1 Å². The van der Waals surface area contributed by atoms with Gasteiger partial charge in [0.15, 0.2) is 0 Å². The zero-order chi connectivity index (χ0) is 23.2. The van der Waals surface area contributed by atoms with Crippen LogP contribution in [0.4, 0.5) is 0 Å². The molecule has 5 rings (SSSR count). The number of carbonyl (C=O) groups excluding carboxylic acids is 2. The second-order valence-corrected chi connectivity index (χ2v) is 8.44. The van der Waals surface area contributed by atoms with Crippen LogP contribution in [0.3, 0.4) is 0 Å². The van der Waals surface area contributed by atoms with Crippen molar-refractivity contribution in [3.05, 3.63) is 63.4 Å². The molecule has 0 radical (unpaired) electrons. The first-order valence-corrected chi connectivity index (χ1v) is 11.2. The van der Waals surface area contributed by atoms with Crippen LogP contribution in [0, 0.1) is 0 Å². The molecule has 170 valence electrons. The molecule has 2 aromatic heterocycles. The van der Waals surface area contributed by atoms with Crippen LogP contribution in [0.15, 0.2) is 41.2 Å². The standard InChI is InChI=1S/C25H25N3O5/c1-3-25(33-21(29)9-6-10-26-2)18-12-20-22-16(11-15-7-4-5-8-19(15)27-22)13-28(20)23(30)17(18)14-32-24(25)31/h4-5,7-8,11-12,26H,3,6,9-10,13-14H2,1-2H3/t25-/m0/s1. The number of ether oxygens (including phenoxy) is 2. The molecule has 8 heteroatoms. The molecule has 3 aromatic rings. The number of hydrogen-bond acceptors (Lipinski definition) is 7. The largest absolute Gasteiger partial charge is 0.457 e. The Hall–Kier alpha value is -3.52. The van der Waals surface area contributed by atoms with Crippen molar-refractivity contribution in [1.29, 1.82) is 0 Å². The molecule has 33 heavy (non-hydrogen) atoms. The van der Waals surface area contributed by atoms with Gasteiger partial charge in [0.2, 0.25) is 5.60 Å². The van der Waals surface area contributed by atoms with Crippen LogP contribution in [0.2, 0.25) is 0 Å². The molecule has 0 amide bonds. The molecular formula is C25H25N3O5. The van der Waals surface area contributed by atoms with E-state index in [0.717, 1.165) is 16.5 Å². The quantitative estimate of drug-likeness (QED) is 0.358. The van der Waals surface area contributed by atoms with Gasteiger partial charge in [-0.05, 0) is 44.6 Å². The summed E-state index contributed by atoms with van der Waals surface area (Å²) in [4.78, 5) is 43.9. The van der Waals surface area contributed by atoms with Gasteiger partial charge >= 0.3 is 11.9 Å². The summed E-state index contributed by atoms with van der Waals surface area (Å²) in [5.41, 5.74) is 1.96. The van der Waals surface area contributed by atoms with Gasteiger partial charge in [0.05, 0.1) is 29.0 Å². The Kier molecular flexibility index (Phi) is 5.25. The van der Waals surface area contributed by atoms with E-state index in [0.29, 0.717) is 42.0 Å². The molecule has 0 aliphatic carbocycles. The van der Waals surface area contributed by atoms with Gasteiger partial charge in [-0.3, -0.25) is 9.59 Å². The third-order valence-corrected chi connectivity index (χ3v) is 6.48. The van der Waals surface area contributed by atoms with Gasteiger partial charge in [-0.25, -0.2) is 9.78 Å². The summed E-state index contributed by atoms with van der Waals surface area (Å²) in [7, 11) is 1.80. The highest BCUT2D eigenvalue weighted by Crippen LogP contribution is 2.41. The minimum absolute atomic E-state index is 0.141. The van der Waals surface area contributed by atoms with Crippen LogP contribution in [-0.4, -0.2) is 35.1 Å². The first-order valence-electron chi connectivity index (χ1n) is 11.2. The molecule has 2 aliphatic rings. The minimum atomic E-state index is -1.64. The summed E-state index contributed by atoms with van der Waals surface area (Å²) in [5, 5.41) is 3.98. The van der Waals surface area contributed by atoms with Crippen molar-refractivity contribution < 1.29 is 19.1 Å². The number of cyclic esters (lactones) is 1. The summed E-state index contributed by atoms with van der Waals surface area (Å²) in [5.74, 6) is -1.14. The molecule has 8 nitrogen and oxygen atoms in total. The zero-order valence-electron chi connectivity index (χ0n) is 18.6. The van der Waals surface area contributed by atoms with E-state index >= 15 is 0 Å². The lowest BCUT2D eigenvalue weighted by molar-refractivity contribution is -0.189. The Morgan fingerprint density at radius 1 is 1.27 bits per heavy atom. The Bertz CT molecular complexity index is 1350.